The van der Waals surface area contributed by atoms with E-state index in [-0.39, 0.29) is 12.5 Å². The highest BCUT2D eigenvalue weighted by molar-refractivity contribution is 6.33. The van der Waals surface area contributed by atoms with Crippen molar-refractivity contribution in [1.82, 2.24) is 4.90 Å². The third-order valence-corrected chi connectivity index (χ3v) is 3.66. The second-order valence-electron chi connectivity index (χ2n) is 4.82. The van der Waals surface area contributed by atoms with Crippen LogP contribution in [0.1, 0.15) is 31.2 Å². The monoisotopic (exact) mass is 294 g/mol. The molecule has 0 saturated carbocycles. The van der Waals surface area contributed by atoms with Gasteiger partial charge in [-0.05, 0) is 18.9 Å². The number of benzene rings is 1. The summed E-state index contributed by atoms with van der Waals surface area (Å²) in [5, 5.41) is 4.41. The number of hydrogen-bond acceptors (Lipinski definition) is 3. The van der Waals surface area contributed by atoms with Gasteiger partial charge in [-0.25, -0.2) is 0 Å². The van der Waals surface area contributed by atoms with E-state index in [1.54, 1.807) is 6.07 Å². The number of rotatable bonds is 4. The van der Waals surface area contributed by atoms with Crippen LogP contribution in [0.5, 0.6) is 0 Å². The molecule has 1 amide bonds. The van der Waals surface area contributed by atoms with E-state index in [0.29, 0.717) is 5.02 Å². The van der Waals surface area contributed by atoms with Crippen LogP contribution in [0.3, 0.4) is 0 Å². The van der Waals surface area contributed by atoms with Gasteiger partial charge in [-0.2, -0.15) is 0 Å². The van der Waals surface area contributed by atoms with E-state index in [2.05, 4.69) is 5.16 Å². The number of halogens is 1. The molecule has 5 heteroatoms. The van der Waals surface area contributed by atoms with Crippen LogP contribution in [0, 0.1) is 0 Å². The fraction of sp³-hybridized carbons (Fsp3) is 0.467. The largest absolute Gasteiger partial charge is 0.386 e. The Hall–Kier alpha value is -1.55. The van der Waals surface area contributed by atoms with Gasteiger partial charge in [0, 0.05) is 23.7 Å². The van der Waals surface area contributed by atoms with Crippen LogP contribution in [-0.2, 0) is 9.63 Å². The quantitative estimate of drug-likeness (QED) is 0.632. The molecule has 1 aliphatic rings. The predicted molar refractivity (Wildman–Crippen MR) is 80.0 cm³/mol. The number of likely N-dealkylation sites (tertiary alicyclic amines) is 1. The third-order valence-electron chi connectivity index (χ3n) is 3.32. The second kappa shape index (κ2) is 7.90. The zero-order valence-electron chi connectivity index (χ0n) is 11.4. The van der Waals surface area contributed by atoms with Crippen molar-refractivity contribution < 1.29 is 9.63 Å². The summed E-state index contributed by atoms with van der Waals surface area (Å²) in [6.07, 6.45) is 6.09. The highest BCUT2D eigenvalue weighted by atomic mass is 35.5. The number of carbonyl (C=O) groups is 1. The average Bonchev–Trinajstić information content (AvgIpc) is 2.74. The fourth-order valence-electron chi connectivity index (χ4n) is 2.18. The smallest absolute Gasteiger partial charge is 0.263 e. The van der Waals surface area contributed by atoms with Gasteiger partial charge >= 0.3 is 0 Å². The molecule has 0 N–H and O–H groups in total. The molecule has 1 fully saturated rings. The van der Waals surface area contributed by atoms with E-state index >= 15 is 0 Å². The molecule has 1 heterocycles. The molecule has 0 aromatic heterocycles. The number of amides is 1. The van der Waals surface area contributed by atoms with Crippen LogP contribution in [0.15, 0.2) is 29.4 Å². The topological polar surface area (TPSA) is 41.9 Å². The zero-order valence-corrected chi connectivity index (χ0v) is 12.2. The minimum atomic E-state index is -0.0129. The van der Waals surface area contributed by atoms with E-state index in [1.807, 2.05) is 23.1 Å². The zero-order chi connectivity index (χ0) is 14.2. The van der Waals surface area contributed by atoms with E-state index in [0.717, 1.165) is 31.5 Å². The Balaban J connectivity index is 1.77. The molecule has 20 heavy (non-hydrogen) atoms. The lowest BCUT2D eigenvalue weighted by molar-refractivity contribution is -0.136. The van der Waals surface area contributed by atoms with Crippen LogP contribution >= 0.6 is 11.6 Å². The molecule has 1 aliphatic heterocycles. The molecule has 0 unspecified atom stereocenters. The Labute approximate surface area is 124 Å². The maximum absolute atomic E-state index is 11.9. The summed E-state index contributed by atoms with van der Waals surface area (Å²) < 4.78 is 0. The molecule has 4 nitrogen and oxygen atoms in total. The number of hydrogen-bond donors (Lipinski definition) is 0. The Morgan fingerprint density at radius 1 is 1.25 bits per heavy atom. The lowest BCUT2D eigenvalue weighted by Gasteiger charge is -2.19. The molecule has 108 valence electrons. The minimum Gasteiger partial charge on any atom is -0.386 e. The van der Waals surface area contributed by atoms with Crippen molar-refractivity contribution in [1.29, 1.82) is 0 Å². The van der Waals surface area contributed by atoms with Crippen molar-refractivity contribution in [2.24, 2.45) is 5.16 Å². The van der Waals surface area contributed by atoms with Gasteiger partial charge in [-0.15, -0.1) is 0 Å². The summed E-state index contributed by atoms with van der Waals surface area (Å²) in [5.41, 5.74) is 0.774. The van der Waals surface area contributed by atoms with Gasteiger partial charge in [0.1, 0.15) is 0 Å². The molecule has 0 radical (unpaired) electrons. The van der Waals surface area contributed by atoms with Crippen LogP contribution in [0.4, 0.5) is 0 Å². The van der Waals surface area contributed by atoms with Gasteiger partial charge in [0.15, 0.2) is 6.61 Å². The van der Waals surface area contributed by atoms with Gasteiger partial charge in [-0.3, -0.25) is 4.79 Å². The van der Waals surface area contributed by atoms with E-state index < -0.39 is 0 Å². The van der Waals surface area contributed by atoms with Gasteiger partial charge in [0.25, 0.3) is 5.91 Å². The standard InChI is InChI=1S/C15H19ClN2O2/c16-14-8-4-3-7-13(14)11-17-20-12-15(19)18-9-5-1-2-6-10-18/h3-4,7-8,11H,1-2,5-6,9-10,12H2/b17-11-. The fourth-order valence-corrected chi connectivity index (χ4v) is 2.36. The first kappa shape index (κ1) is 14.9. The first-order valence-corrected chi connectivity index (χ1v) is 7.33. The number of nitrogens with zero attached hydrogens (tertiary/aromatic N) is 2. The van der Waals surface area contributed by atoms with Crippen molar-refractivity contribution in [3.8, 4) is 0 Å². The maximum Gasteiger partial charge on any atom is 0.263 e. The molecule has 0 bridgehead atoms. The van der Waals surface area contributed by atoms with Crippen LogP contribution in [-0.4, -0.2) is 36.7 Å². The molecule has 1 aromatic rings. The Morgan fingerprint density at radius 3 is 2.65 bits per heavy atom. The van der Waals surface area contributed by atoms with Crippen molar-refractivity contribution in [2.45, 2.75) is 25.7 Å². The van der Waals surface area contributed by atoms with Gasteiger partial charge < -0.3 is 9.74 Å². The summed E-state index contributed by atoms with van der Waals surface area (Å²) in [6.45, 7) is 1.65. The Bertz CT molecular complexity index is 469. The first-order valence-electron chi connectivity index (χ1n) is 6.95. The average molecular weight is 295 g/mol. The summed E-state index contributed by atoms with van der Waals surface area (Å²) in [5.74, 6) is 0.00297. The first-order chi connectivity index (χ1) is 9.77. The summed E-state index contributed by atoms with van der Waals surface area (Å²) in [7, 11) is 0. The molecule has 0 aliphatic carbocycles. The van der Waals surface area contributed by atoms with E-state index in [1.165, 1.54) is 19.1 Å². The van der Waals surface area contributed by atoms with Crippen LogP contribution in [0.25, 0.3) is 0 Å². The molecule has 2 rings (SSSR count). The number of oxime groups is 1. The Kier molecular flexibility index (Phi) is 5.87. The number of carbonyl (C=O) groups excluding carboxylic acids is 1. The van der Waals surface area contributed by atoms with Crippen molar-refractivity contribution in [3.05, 3.63) is 34.9 Å². The van der Waals surface area contributed by atoms with Gasteiger partial charge in [-0.1, -0.05) is 47.8 Å². The highest BCUT2D eigenvalue weighted by Crippen LogP contribution is 2.12. The SMILES string of the molecule is O=C(CO/N=C\c1ccccc1Cl)N1CCCCCC1. The van der Waals surface area contributed by atoms with Gasteiger partial charge in [0.05, 0.1) is 6.21 Å². The Morgan fingerprint density at radius 2 is 1.95 bits per heavy atom. The maximum atomic E-state index is 11.9. The molecule has 1 aromatic carbocycles. The van der Waals surface area contributed by atoms with Gasteiger partial charge in [0.2, 0.25) is 0 Å². The highest BCUT2D eigenvalue weighted by Gasteiger charge is 2.15. The van der Waals surface area contributed by atoms with Crippen molar-refractivity contribution in [2.75, 3.05) is 19.7 Å². The third kappa shape index (κ3) is 4.53. The van der Waals surface area contributed by atoms with Crippen LogP contribution < -0.4 is 0 Å². The van der Waals surface area contributed by atoms with E-state index in [4.69, 9.17) is 16.4 Å². The lowest BCUT2D eigenvalue weighted by Crippen LogP contribution is -2.34. The van der Waals surface area contributed by atoms with Crippen LogP contribution in [0.2, 0.25) is 5.02 Å². The molecular weight excluding hydrogens is 276 g/mol. The summed E-state index contributed by atoms with van der Waals surface area (Å²) in [6, 6.07) is 7.34. The summed E-state index contributed by atoms with van der Waals surface area (Å²) in [4.78, 5) is 18.9. The van der Waals surface area contributed by atoms with Crippen molar-refractivity contribution in [3.63, 3.8) is 0 Å². The molecular formula is C15H19ClN2O2. The second-order valence-corrected chi connectivity index (χ2v) is 5.23. The molecule has 1 saturated heterocycles. The lowest BCUT2D eigenvalue weighted by atomic mass is 10.2. The van der Waals surface area contributed by atoms with E-state index in [9.17, 15) is 4.79 Å². The van der Waals surface area contributed by atoms with Crippen molar-refractivity contribution >= 4 is 23.7 Å². The molecule has 0 atom stereocenters. The predicted octanol–water partition coefficient (Wildman–Crippen LogP) is 3.09. The minimum absolute atomic E-state index is 0.00297. The molecule has 0 spiro atoms. The summed E-state index contributed by atoms with van der Waals surface area (Å²) >= 11 is 5.98. The normalized spacial score (nSPS) is 16.1.